The maximum Gasteiger partial charge on any atom is 0.230 e. The van der Waals surface area contributed by atoms with Crippen molar-refractivity contribution in [2.75, 3.05) is 5.75 Å². The van der Waals surface area contributed by atoms with Gasteiger partial charge in [0.05, 0.1) is 10.8 Å². The number of carbonyl (C=O) groups is 1. The highest BCUT2D eigenvalue weighted by Gasteiger charge is 2.28. The van der Waals surface area contributed by atoms with Crippen molar-refractivity contribution in [2.24, 2.45) is 13.0 Å². The van der Waals surface area contributed by atoms with E-state index in [1.165, 1.54) is 24.6 Å². The third-order valence-corrected chi connectivity index (χ3v) is 5.35. The topological polar surface area (TPSA) is 59.8 Å². The van der Waals surface area contributed by atoms with E-state index in [4.69, 9.17) is 11.6 Å². The molecule has 0 saturated heterocycles. The second-order valence-electron chi connectivity index (χ2n) is 5.83. The van der Waals surface area contributed by atoms with Gasteiger partial charge in [-0.25, -0.2) is 0 Å². The molecule has 1 N–H and O–H groups in total. The normalized spacial score (nSPS) is 15.4. The largest absolute Gasteiger partial charge is 0.353 e. The monoisotopic (exact) mass is 350 g/mol. The summed E-state index contributed by atoms with van der Waals surface area (Å²) in [6, 6.07) is 7.79. The highest BCUT2D eigenvalue weighted by atomic mass is 35.5. The summed E-state index contributed by atoms with van der Waals surface area (Å²) < 4.78 is 1.86. The third kappa shape index (κ3) is 3.87. The first kappa shape index (κ1) is 16.3. The SMILES string of the molecule is C[C@H](NC(=O)CSc1nnc(-c2ccccc2Cl)n1C)C1CC1. The number of halogens is 1. The van der Waals surface area contributed by atoms with Crippen molar-refractivity contribution in [3.63, 3.8) is 0 Å². The van der Waals surface area contributed by atoms with Gasteiger partial charge in [-0.1, -0.05) is 35.5 Å². The van der Waals surface area contributed by atoms with E-state index >= 15 is 0 Å². The highest BCUT2D eigenvalue weighted by molar-refractivity contribution is 7.99. The zero-order valence-corrected chi connectivity index (χ0v) is 14.7. The molecule has 3 rings (SSSR count). The molecular formula is C16H19ClN4OS. The van der Waals surface area contributed by atoms with Crippen molar-refractivity contribution >= 4 is 29.3 Å². The Morgan fingerprint density at radius 1 is 1.43 bits per heavy atom. The lowest BCUT2D eigenvalue weighted by Gasteiger charge is -2.12. The summed E-state index contributed by atoms with van der Waals surface area (Å²) in [4.78, 5) is 12.0. The molecule has 1 saturated carbocycles. The van der Waals surface area contributed by atoms with Crippen molar-refractivity contribution in [3.8, 4) is 11.4 Å². The van der Waals surface area contributed by atoms with E-state index in [0.29, 0.717) is 27.7 Å². The van der Waals surface area contributed by atoms with Gasteiger partial charge in [0.1, 0.15) is 0 Å². The average molecular weight is 351 g/mol. The van der Waals surface area contributed by atoms with Crippen LogP contribution in [-0.2, 0) is 11.8 Å². The van der Waals surface area contributed by atoms with Gasteiger partial charge < -0.3 is 9.88 Å². The lowest BCUT2D eigenvalue weighted by Crippen LogP contribution is -2.35. The minimum absolute atomic E-state index is 0.0386. The second-order valence-corrected chi connectivity index (χ2v) is 7.18. The van der Waals surface area contributed by atoms with Gasteiger partial charge in [-0.3, -0.25) is 4.79 Å². The molecule has 0 bridgehead atoms. The Hall–Kier alpha value is -1.53. The van der Waals surface area contributed by atoms with Gasteiger partial charge in [0.25, 0.3) is 0 Å². The van der Waals surface area contributed by atoms with Crippen LogP contribution in [0, 0.1) is 5.92 Å². The Balaban J connectivity index is 1.63. The molecule has 0 spiro atoms. The van der Waals surface area contributed by atoms with Crippen LogP contribution in [0.5, 0.6) is 0 Å². The fourth-order valence-electron chi connectivity index (χ4n) is 2.46. The molecule has 0 aliphatic heterocycles. The van der Waals surface area contributed by atoms with E-state index in [2.05, 4.69) is 22.4 Å². The Morgan fingerprint density at radius 2 is 2.17 bits per heavy atom. The van der Waals surface area contributed by atoms with Gasteiger partial charge in [-0.05, 0) is 37.8 Å². The third-order valence-electron chi connectivity index (χ3n) is 4.00. The van der Waals surface area contributed by atoms with Crippen LogP contribution in [0.4, 0.5) is 0 Å². The van der Waals surface area contributed by atoms with Crippen LogP contribution in [0.2, 0.25) is 5.02 Å². The summed E-state index contributed by atoms with van der Waals surface area (Å²) in [5.74, 6) is 1.73. The van der Waals surface area contributed by atoms with E-state index in [1.807, 2.05) is 35.9 Å². The first-order valence-corrected chi connectivity index (χ1v) is 8.99. The Kier molecular flexibility index (Phi) is 4.92. The van der Waals surface area contributed by atoms with Gasteiger partial charge in [0.15, 0.2) is 11.0 Å². The van der Waals surface area contributed by atoms with Crippen LogP contribution in [0.1, 0.15) is 19.8 Å². The minimum atomic E-state index is 0.0386. The predicted octanol–water partition coefficient (Wildman–Crippen LogP) is 3.14. The van der Waals surface area contributed by atoms with Gasteiger partial charge in [0, 0.05) is 18.7 Å². The van der Waals surface area contributed by atoms with Crippen molar-refractivity contribution in [1.82, 2.24) is 20.1 Å². The maximum atomic E-state index is 12.0. The summed E-state index contributed by atoms with van der Waals surface area (Å²) >= 11 is 7.59. The zero-order valence-electron chi connectivity index (χ0n) is 13.1. The van der Waals surface area contributed by atoms with Gasteiger partial charge in [-0.2, -0.15) is 0 Å². The van der Waals surface area contributed by atoms with Gasteiger partial charge in [-0.15, -0.1) is 10.2 Å². The van der Waals surface area contributed by atoms with E-state index in [0.717, 1.165) is 5.56 Å². The standard InChI is InChI=1S/C16H19ClN4OS/c1-10(11-7-8-11)18-14(22)9-23-16-20-19-15(21(16)2)12-5-3-4-6-13(12)17/h3-6,10-11H,7-9H2,1-2H3,(H,18,22)/t10-/m0/s1. The number of carbonyl (C=O) groups excluding carboxylic acids is 1. The van der Waals surface area contributed by atoms with E-state index in [9.17, 15) is 4.79 Å². The molecule has 0 radical (unpaired) electrons. The van der Waals surface area contributed by atoms with Crippen LogP contribution >= 0.6 is 23.4 Å². The van der Waals surface area contributed by atoms with Crippen LogP contribution in [0.3, 0.4) is 0 Å². The van der Waals surface area contributed by atoms with Gasteiger partial charge in [0.2, 0.25) is 5.91 Å². The average Bonchev–Trinajstić information content (AvgIpc) is 3.31. The van der Waals surface area contributed by atoms with Crippen molar-refractivity contribution in [3.05, 3.63) is 29.3 Å². The van der Waals surface area contributed by atoms with Crippen LogP contribution < -0.4 is 5.32 Å². The lowest BCUT2D eigenvalue weighted by molar-refractivity contribution is -0.119. The lowest BCUT2D eigenvalue weighted by atomic mass is 10.2. The fourth-order valence-corrected chi connectivity index (χ4v) is 3.40. The van der Waals surface area contributed by atoms with Crippen LogP contribution in [-0.4, -0.2) is 32.5 Å². The number of hydrogen-bond donors (Lipinski definition) is 1. The van der Waals surface area contributed by atoms with Crippen LogP contribution in [0.25, 0.3) is 11.4 Å². The first-order chi connectivity index (χ1) is 11.1. The number of rotatable bonds is 6. The molecule has 1 amide bonds. The predicted molar refractivity (Wildman–Crippen MR) is 92.5 cm³/mol. The molecule has 5 nitrogen and oxygen atoms in total. The number of hydrogen-bond acceptors (Lipinski definition) is 4. The molecule has 7 heteroatoms. The first-order valence-electron chi connectivity index (χ1n) is 7.62. The number of benzene rings is 1. The summed E-state index contributed by atoms with van der Waals surface area (Å²) in [6.07, 6.45) is 2.44. The van der Waals surface area contributed by atoms with E-state index in [1.54, 1.807) is 0 Å². The van der Waals surface area contributed by atoms with Gasteiger partial charge >= 0.3 is 0 Å². The van der Waals surface area contributed by atoms with E-state index < -0.39 is 0 Å². The minimum Gasteiger partial charge on any atom is -0.353 e. The molecule has 23 heavy (non-hydrogen) atoms. The number of aromatic nitrogens is 3. The molecule has 1 aromatic carbocycles. The van der Waals surface area contributed by atoms with Crippen molar-refractivity contribution in [1.29, 1.82) is 0 Å². The van der Waals surface area contributed by atoms with Crippen molar-refractivity contribution < 1.29 is 4.79 Å². The molecule has 1 aliphatic rings. The Labute approximate surface area is 144 Å². The quantitative estimate of drug-likeness (QED) is 0.813. The Morgan fingerprint density at radius 3 is 2.87 bits per heavy atom. The number of nitrogens with zero attached hydrogens (tertiary/aromatic N) is 3. The molecule has 122 valence electrons. The molecule has 2 aromatic rings. The highest BCUT2D eigenvalue weighted by Crippen LogP contribution is 2.32. The smallest absolute Gasteiger partial charge is 0.230 e. The molecule has 1 atom stereocenters. The van der Waals surface area contributed by atoms with Crippen molar-refractivity contribution in [2.45, 2.75) is 31.0 Å². The van der Waals surface area contributed by atoms with E-state index in [-0.39, 0.29) is 11.9 Å². The molecule has 1 aliphatic carbocycles. The summed E-state index contributed by atoms with van der Waals surface area (Å²) in [6.45, 7) is 2.07. The fraction of sp³-hybridized carbons (Fsp3) is 0.438. The number of nitrogens with one attached hydrogen (secondary N) is 1. The number of amides is 1. The maximum absolute atomic E-state index is 12.0. The molecule has 1 heterocycles. The number of thioether (sulfide) groups is 1. The second kappa shape index (κ2) is 6.93. The summed E-state index contributed by atoms with van der Waals surface area (Å²) in [5.41, 5.74) is 0.836. The molecule has 1 aromatic heterocycles. The molecule has 1 fully saturated rings. The molecule has 0 unspecified atom stereocenters. The summed E-state index contributed by atoms with van der Waals surface area (Å²) in [5, 5.41) is 12.7. The molecular weight excluding hydrogens is 332 g/mol. The Bertz CT molecular complexity index is 714. The zero-order chi connectivity index (χ0) is 16.4. The summed E-state index contributed by atoms with van der Waals surface area (Å²) in [7, 11) is 1.88. The van der Waals surface area contributed by atoms with Crippen LogP contribution in [0.15, 0.2) is 29.4 Å².